The van der Waals surface area contributed by atoms with Gasteiger partial charge in [-0.05, 0) is 31.0 Å². The first kappa shape index (κ1) is 24.8. The van der Waals surface area contributed by atoms with E-state index in [0.29, 0.717) is 37.0 Å². The molecule has 182 valence electrons. The summed E-state index contributed by atoms with van der Waals surface area (Å²) in [7, 11) is 3.97. The number of quaternary nitrogens is 1. The van der Waals surface area contributed by atoms with E-state index in [1.54, 1.807) is 4.90 Å². The van der Waals surface area contributed by atoms with E-state index in [0.717, 1.165) is 29.5 Å². The Morgan fingerprint density at radius 2 is 2.09 bits per heavy atom. The largest absolute Gasteiger partial charge is 0.490 e. The molecule has 1 aromatic heterocycles. The quantitative estimate of drug-likeness (QED) is 0.300. The normalized spacial score (nSPS) is 19.8. The van der Waals surface area contributed by atoms with Gasteiger partial charge in [-0.15, -0.1) is 10.1 Å². The van der Waals surface area contributed by atoms with Gasteiger partial charge in [0.05, 0.1) is 33.2 Å². The Balaban J connectivity index is 1.55. The van der Waals surface area contributed by atoms with E-state index in [1.807, 2.05) is 44.6 Å². The maximum absolute atomic E-state index is 12.4. The lowest BCUT2D eigenvalue weighted by Crippen LogP contribution is -2.55. The lowest BCUT2D eigenvalue weighted by atomic mass is 9.91. The fraction of sp³-hybridized carbons (Fsp3) is 0.609. The smallest absolute Gasteiger partial charge is 0.294 e. The molecule has 1 amide bonds. The van der Waals surface area contributed by atoms with Crippen LogP contribution in [0.4, 0.5) is 0 Å². The molecule has 0 spiro atoms. The highest BCUT2D eigenvalue weighted by Gasteiger charge is 2.35. The van der Waals surface area contributed by atoms with Gasteiger partial charge in [0.1, 0.15) is 31.1 Å². The van der Waals surface area contributed by atoms with Crippen LogP contribution >= 0.6 is 0 Å². The summed E-state index contributed by atoms with van der Waals surface area (Å²) in [6.07, 6.45) is 3.58. The second-order valence-corrected chi connectivity index (χ2v) is 9.43. The number of carbonyl (C=O) groups excluding carboxylic acids is 1. The predicted octanol–water partition coefficient (Wildman–Crippen LogP) is 2.35. The number of nitrogens with one attached hydrogen (secondary N) is 1. The number of nitrogens with zero attached hydrogens (tertiary/aromatic N) is 3. The van der Waals surface area contributed by atoms with Crippen LogP contribution in [0.15, 0.2) is 30.5 Å². The molecule has 1 heterocycles. The Bertz CT molecular complexity index is 946. The number of fused-ring (bicyclic) bond motifs is 1. The molecule has 2 N–H and O–H groups in total. The fourth-order valence-corrected chi connectivity index (χ4v) is 4.69. The van der Waals surface area contributed by atoms with Crippen molar-refractivity contribution in [1.82, 2.24) is 9.88 Å². The van der Waals surface area contributed by atoms with Gasteiger partial charge in [0.2, 0.25) is 5.91 Å². The van der Waals surface area contributed by atoms with Gasteiger partial charge in [0.25, 0.3) is 5.09 Å². The Morgan fingerprint density at radius 1 is 1.33 bits per heavy atom. The summed E-state index contributed by atoms with van der Waals surface area (Å²) < 4.78 is 6.34. The minimum atomic E-state index is -0.758. The number of aliphatic hydroxyl groups is 1. The SMILES string of the molecule is CC(=O)N(CC[N+](C)(C)CC(O)COc1cccc2[nH]ccc12)C1CCCCC1O[N+](=O)[O-]. The van der Waals surface area contributed by atoms with Gasteiger partial charge in [0.15, 0.2) is 0 Å². The van der Waals surface area contributed by atoms with E-state index < -0.39 is 17.3 Å². The third-order valence-electron chi connectivity index (χ3n) is 6.33. The molecular weight excluding hydrogens is 428 g/mol. The van der Waals surface area contributed by atoms with E-state index >= 15 is 0 Å². The summed E-state index contributed by atoms with van der Waals surface area (Å²) >= 11 is 0. The highest BCUT2D eigenvalue weighted by molar-refractivity contribution is 5.85. The number of hydrogen-bond donors (Lipinski definition) is 2. The summed E-state index contributed by atoms with van der Waals surface area (Å²) in [5, 5.41) is 21.7. The molecule has 1 aromatic carbocycles. The number of ether oxygens (including phenoxy) is 1. The standard InChI is InChI=1S/C23H35N4O6/c1-17(28)25(21-8-4-5-9-23(21)33-26(30)31)13-14-27(2,3)15-18(29)16-32-22-10-6-7-20-19(22)11-12-24-20/h6-7,10-12,18,21,23-24,29H,4-5,8-9,13-16H2,1-3H3/q+1. The molecule has 1 aliphatic rings. The van der Waals surface area contributed by atoms with Crippen molar-refractivity contribution in [3.63, 3.8) is 0 Å². The molecule has 0 aliphatic heterocycles. The molecule has 3 unspecified atom stereocenters. The lowest BCUT2D eigenvalue weighted by Gasteiger charge is -2.40. The second kappa shape index (κ2) is 10.8. The molecule has 1 saturated carbocycles. The minimum absolute atomic E-state index is 0.123. The molecule has 33 heavy (non-hydrogen) atoms. The first-order valence-corrected chi connectivity index (χ1v) is 11.4. The van der Waals surface area contributed by atoms with Crippen LogP contribution in [0.3, 0.4) is 0 Å². The Labute approximate surface area is 193 Å². The highest BCUT2D eigenvalue weighted by Crippen LogP contribution is 2.27. The Kier molecular flexibility index (Phi) is 8.15. The van der Waals surface area contributed by atoms with Crippen LogP contribution in [0, 0.1) is 10.1 Å². The molecule has 0 radical (unpaired) electrons. The first-order valence-electron chi connectivity index (χ1n) is 11.4. The third kappa shape index (κ3) is 6.82. The zero-order chi connectivity index (χ0) is 24.0. The second-order valence-electron chi connectivity index (χ2n) is 9.43. The van der Waals surface area contributed by atoms with Gasteiger partial charge >= 0.3 is 0 Å². The molecule has 1 fully saturated rings. The van der Waals surface area contributed by atoms with Gasteiger partial charge in [-0.25, -0.2) is 0 Å². The minimum Gasteiger partial charge on any atom is -0.490 e. The third-order valence-corrected chi connectivity index (χ3v) is 6.33. The fourth-order valence-electron chi connectivity index (χ4n) is 4.69. The van der Waals surface area contributed by atoms with Crippen molar-refractivity contribution >= 4 is 16.8 Å². The average molecular weight is 464 g/mol. The van der Waals surface area contributed by atoms with Crippen molar-refractivity contribution in [2.24, 2.45) is 0 Å². The average Bonchev–Trinajstić information content (AvgIpc) is 3.22. The monoisotopic (exact) mass is 463 g/mol. The number of amides is 1. The zero-order valence-electron chi connectivity index (χ0n) is 19.6. The van der Waals surface area contributed by atoms with Crippen LogP contribution in [0.5, 0.6) is 5.75 Å². The van der Waals surface area contributed by atoms with Crippen LogP contribution in [0.25, 0.3) is 10.9 Å². The van der Waals surface area contributed by atoms with Crippen molar-refractivity contribution in [2.45, 2.75) is 50.9 Å². The summed E-state index contributed by atoms with van der Waals surface area (Å²) in [5.74, 6) is 0.595. The van der Waals surface area contributed by atoms with Crippen molar-refractivity contribution in [1.29, 1.82) is 0 Å². The van der Waals surface area contributed by atoms with Gasteiger partial charge in [-0.3, -0.25) is 4.79 Å². The van der Waals surface area contributed by atoms with E-state index in [4.69, 9.17) is 9.57 Å². The van der Waals surface area contributed by atoms with E-state index in [2.05, 4.69) is 4.98 Å². The van der Waals surface area contributed by atoms with Crippen LogP contribution in [-0.4, -0.2) is 89.1 Å². The van der Waals surface area contributed by atoms with Crippen molar-refractivity contribution in [3.8, 4) is 5.75 Å². The first-order chi connectivity index (χ1) is 15.7. The molecular formula is C23H35N4O6+. The number of rotatable bonds is 11. The molecule has 1 aliphatic carbocycles. The number of benzene rings is 1. The topological polar surface area (TPSA) is 118 Å². The molecule has 0 saturated heterocycles. The van der Waals surface area contributed by atoms with Gasteiger partial charge in [-0.2, -0.15) is 0 Å². The van der Waals surface area contributed by atoms with Gasteiger partial charge < -0.3 is 29.0 Å². The molecule has 0 bridgehead atoms. The molecule has 10 nitrogen and oxygen atoms in total. The highest BCUT2D eigenvalue weighted by atomic mass is 17.0. The van der Waals surface area contributed by atoms with E-state index in [-0.39, 0.29) is 18.6 Å². The van der Waals surface area contributed by atoms with Crippen molar-refractivity contribution < 1.29 is 29.0 Å². The van der Waals surface area contributed by atoms with Crippen LogP contribution < -0.4 is 4.74 Å². The molecule has 3 atom stereocenters. The summed E-state index contributed by atoms with van der Waals surface area (Å²) in [4.78, 5) is 33.0. The zero-order valence-corrected chi connectivity index (χ0v) is 19.6. The number of likely N-dealkylation sites (N-methyl/N-ethyl adjacent to an activating group) is 1. The Hall–Kier alpha value is -2.85. The number of carbonyl (C=O) groups is 1. The molecule has 2 aromatic rings. The van der Waals surface area contributed by atoms with Crippen molar-refractivity contribution in [3.05, 3.63) is 40.6 Å². The van der Waals surface area contributed by atoms with Crippen LogP contribution in [0.1, 0.15) is 32.6 Å². The van der Waals surface area contributed by atoms with E-state index in [1.165, 1.54) is 6.92 Å². The van der Waals surface area contributed by atoms with Gasteiger partial charge in [0, 0.05) is 24.0 Å². The van der Waals surface area contributed by atoms with E-state index in [9.17, 15) is 20.0 Å². The summed E-state index contributed by atoms with van der Waals surface area (Å²) in [5.41, 5.74) is 0.976. The maximum Gasteiger partial charge on any atom is 0.294 e. The summed E-state index contributed by atoms with van der Waals surface area (Å²) in [6, 6.07) is 7.37. The maximum atomic E-state index is 12.4. The number of aromatic nitrogens is 1. The predicted molar refractivity (Wildman–Crippen MR) is 123 cm³/mol. The van der Waals surface area contributed by atoms with Crippen LogP contribution in [0.2, 0.25) is 0 Å². The summed E-state index contributed by atoms with van der Waals surface area (Å²) in [6.45, 7) is 3.10. The van der Waals surface area contributed by atoms with Gasteiger partial charge in [-0.1, -0.05) is 18.9 Å². The molecule has 3 rings (SSSR count). The molecule has 10 heteroatoms. The number of H-pyrrole nitrogens is 1. The number of hydrogen-bond acceptors (Lipinski definition) is 6. The van der Waals surface area contributed by atoms with Crippen molar-refractivity contribution in [2.75, 3.05) is 40.3 Å². The van der Waals surface area contributed by atoms with Crippen LogP contribution in [-0.2, 0) is 9.63 Å². The number of aromatic amines is 1. The Morgan fingerprint density at radius 3 is 2.82 bits per heavy atom. The number of aliphatic hydroxyl groups excluding tert-OH is 1. The lowest BCUT2D eigenvalue weighted by molar-refractivity contribution is -0.892.